The van der Waals surface area contributed by atoms with E-state index in [9.17, 15) is 0 Å². The zero-order chi connectivity index (χ0) is 10.9. The molecule has 1 heterocycles. The molecule has 0 spiro atoms. The molecule has 1 aromatic heterocycles. The van der Waals surface area contributed by atoms with Crippen molar-refractivity contribution in [3.05, 3.63) is 23.7 Å². The lowest BCUT2D eigenvalue weighted by molar-refractivity contribution is 0.459. The minimum absolute atomic E-state index is 0.732. The van der Waals surface area contributed by atoms with Gasteiger partial charge in [0.2, 0.25) is 0 Å². The second kappa shape index (κ2) is 7.79. The van der Waals surface area contributed by atoms with Gasteiger partial charge in [-0.3, -0.25) is 0 Å². The first kappa shape index (κ1) is 12.6. The van der Waals surface area contributed by atoms with E-state index in [-0.39, 0.29) is 0 Å². The van der Waals surface area contributed by atoms with Gasteiger partial charge in [0.25, 0.3) is 0 Å². The second-order valence-electron chi connectivity index (χ2n) is 3.39. The Labute approximate surface area is 95.8 Å². The number of thioether (sulfide) groups is 1. The number of hydrogen-bond acceptors (Lipinski definition) is 4. The van der Waals surface area contributed by atoms with Crippen LogP contribution >= 0.6 is 11.8 Å². The summed E-state index contributed by atoms with van der Waals surface area (Å²) >= 11 is 1.81. The highest BCUT2D eigenvalue weighted by Gasteiger charge is 2.01. The summed E-state index contributed by atoms with van der Waals surface area (Å²) < 4.78 is 5.65. The van der Waals surface area contributed by atoms with Crippen molar-refractivity contribution in [3.63, 3.8) is 0 Å². The van der Waals surface area contributed by atoms with Crippen molar-refractivity contribution in [1.82, 2.24) is 5.32 Å². The van der Waals surface area contributed by atoms with Gasteiger partial charge < -0.3 is 15.5 Å². The maximum atomic E-state index is 5.65. The van der Waals surface area contributed by atoms with Crippen molar-refractivity contribution in [2.75, 3.05) is 18.8 Å². The highest BCUT2D eigenvalue weighted by atomic mass is 32.2. The molecule has 0 saturated heterocycles. The van der Waals surface area contributed by atoms with Gasteiger partial charge in [-0.25, -0.2) is 0 Å². The molecule has 0 aliphatic rings. The molecule has 15 heavy (non-hydrogen) atoms. The molecule has 0 bridgehead atoms. The predicted octanol–water partition coefficient (Wildman–Crippen LogP) is 1.97. The molecule has 0 saturated carbocycles. The number of furan rings is 1. The fraction of sp³-hybridized carbons (Fsp3) is 0.636. The van der Waals surface area contributed by atoms with Crippen LogP contribution in [-0.4, -0.2) is 18.8 Å². The lowest BCUT2D eigenvalue weighted by atomic mass is 10.4. The van der Waals surface area contributed by atoms with Gasteiger partial charge in [-0.2, -0.15) is 11.8 Å². The largest absolute Gasteiger partial charge is 0.464 e. The van der Waals surface area contributed by atoms with Crippen molar-refractivity contribution < 1.29 is 4.42 Å². The number of hydrogen-bond donors (Lipinski definition) is 2. The first-order chi connectivity index (χ1) is 7.36. The minimum atomic E-state index is 0.732. The van der Waals surface area contributed by atoms with Crippen LogP contribution in [-0.2, 0) is 12.3 Å². The number of nitrogens with one attached hydrogen (secondary N) is 1. The van der Waals surface area contributed by atoms with E-state index in [1.807, 2.05) is 23.9 Å². The minimum Gasteiger partial charge on any atom is -0.464 e. The molecular formula is C11H20N2OS. The van der Waals surface area contributed by atoms with E-state index in [1.54, 1.807) is 0 Å². The van der Waals surface area contributed by atoms with E-state index in [0.717, 1.165) is 49.1 Å². The Bertz CT molecular complexity index is 238. The Kier molecular flexibility index (Phi) is 6.55. The summed E-state index contributed by atoms with van der Waals surface area (Å²) in [5.74, 6) is 3.98. The van der Waals surface area contributed by atoms with Crippen LogP contribution in [0.3, 0.4) is 0 Å². The van der Waals surface area contributed by atoms with Gasteiger partial charge in [-0.05, 0) is 25.1 Å². The Balaban J connectivity index is 2.23. The van der Waals surface area contributed by atoms with Gasteiger partial charge in [0, 0.05) is 12.3 Å². The van der Waals surface area contributed by atoms with Crippen LogP contribution in [0.25, 0.3) is 0 Å². The molecule has 86 valence electrons. The Hall–Kier alpha value is -0.450. The topological polar surface area (TPSA) is 51.2 Å². The molecule has 0 aliphatic heterocycles. The zero-order valence-corrected chi connectivity index (χ0v) is 10.1. The van der Waals surface area contributed by atoms with Gasteiger partial charge in [0.05, 0.1) is 12.3 Å². The summed E-state index contributed by atoms with van der Waals surface area (Å²) in [4.78, 5) is 0. The van der Waals surface area contributed by atoms with Gasteiger partial charge in [0.1, 0.15) is 11.5 Å². The monoisotopic (exact) mass is 228 g/mol. The fourth-order valence-corrected chi connectivity index (χ4v) is 1.91. The summed E-state index contributed by atoms with van der Waals surface area (Å²) in [7, 11) is 0. The average molecular weight is 228 g/mol. The molecule has 0 aliphatic carbocycles. The summed E-state index contributed by atoms with van der Waals surface area (Å²) in [6.45, 7) is 4.76. The molecule has 0 atom stereocenters. The Morgan fingerprint density at radius 3 is 2.93 bits per heavy atom. The highest BCUT2D eigenvalue weighted by molar-refractivity contribution is 7.98. The van der Waals surface area contributed by atoms with E-state index in [2.05, 4.69) is 12.2 Å². The molecule has 0 unspecified atom stereocenters. The number of nitrogens with two attached hydrogens (primary N) is 1. The van der Waals surface area contributed by atoms with Crippen LogP contribution in [0.2, 0.25) is 0 Å². The molecule has 0 amide bonds. The second-order valence-corrected chi connectivity index (χ2v) is 4.49. The molecule has 1 rings (SSSR count). The highest BCUT2D eigenvalue weighted by Crippen LogP contribution is 2.14. The molecule has 3 N–H and O–H groups in total. The SMILES string of the molecule is CCCNCc1ccc(CSCCN)o1. The van der Waals surface area contributed by atoms with Crippen molar-refractivity contribution in [3.8, 4) is 0 Å². The molecular weight excluding hydrogens is 208 g/mol. The molecule has 0 aromatic carbocycles. The molecule has 0 fully saturated rings. The predicted molar refractivity (Wildman–Crippen MR) is 65.9 cm³/mol. The van der Waals surface area contributed by atoms with E-state index >= 15 is 0 Å². The van der Waals surface area contributed by atoms with Gasteiger partial charge in [-0.1, -0.05) is 6.92 Å². The molecule has 1 aromatic rings. The van der Waals surface area contributed by atoms with Crippen LogP contribution in [0, 0.1) is 0 Å². The van der Waals surface area contributed by atoms with Crippen molar-refractivity contribution in [2.45, 2.75) is 25.6 Å². The maximum absolute atomic E-state index is 5.65. The van der Waals surface area contributed by atoms with Crippen LogP contribution in [0.5, 0.6) is 0 Å². The quantitative estimate of drug-likeness (QED) is 0.668. The average Bonchev–Trinajstić information content (AvgIpc) is 2.67. The summed E-state index contributed by atoms with van der Waals surface area (Å²) in [5, 5.41) is 3.31. The Morgan fingerprint density at radius 2 is 2.20 bits per heavy atom. The first-order valence-corrected chi connectivity index (χ1v) is 6.58. The first-order valence-electron chi connectivity index (χ1n) is 5.43. The normalized spacial score (nSPS) is 10.8. The van der Waals surface area contributed by atoms with Crippen LogP contribution < -0.4 is 11.1 Å². The van der Waals surface area contributed by atoms with E-state index in [1.165, 1.54) is 0 Å². The van der Waals surface area contributed by atoms with Crippen LogP contribution in [0.4, 0.5) is 0 Å². The summed E-state index contributed by atoms with van der Waals surface area (Å²) in [6, 6.07) is 4.09. The van der Waals surface area contributed by atoms with Crippen LogP contribution in [0.1, 0.15) is 24.9 Å². The Morgan fingerprint density at radius 1 is 1.40 bits per heavy atom. The molecule has 0 radical (unpaired) electrons. The lowest BCUT2D eigenvalue weighted by Gasteiger charge is -1.99. The smallest absolute Gasteiger partial charge is 0.117 e. The van der Waals surface area contributed by atoms with Gasteiger partial charge >= 0.3 is 0 Å². The fourth-order valence-electron chi connectivity index (χ4n) is 1.24. The van der Waals surface area contributed by atoms with Crippen molar-refractivity contribution in [2.24, 2.45) is 5.73 Å². The van der Waals surface area contributed by atoms with E-state index in [4.69, 9.17) is 10.2 Å². The third-order valence-corrected chi connectivity index (χ3v) is 2.96. The van der Waals surface area contributed by atoms with E-state index in [0.29, 0.717) is 0 Å². The third kappa shape index (κ3) is 5.25. The molecule has 3 nitrogen and oxygen atoms in total. The summed E-state index contributed by atoms with van der Waals surface area (Å²) in [6.07, 6.45) is 1.15. The van der Waals surface area contributed by atoms with Crippen LogP contribution in [0.15, 0.2) is 16.5 Å². The lowest BCUT2D eigenvalue weighted by Crippen LogP contribution is -2.12. The summed E-state index contributed by atoms with van der Waals surface area (Å²) in [5.41, 5.74) is 5.42. The van der Waals surface area contributed by atoms with Crippen molar-refractivity contribution in [1.29, 1.82) is 0 Å². The third-order valence-electron chi connectivity index (χ3n) is 1.95. The van der Waals surface area contributed by atoms with Gasteiger partial charge in [0.15, 0.2) is 0 Å². The maximum Gasteiger partial charge on any atom is 0.117 e. The standard InChI is InChI=1S/C11H20N2OS/c1-2-6-13-8-10-3-4-11(14-10)9-15-7-5-12/h3-4,13H,2,5-9,12H2,1H3. The molecule has 4 heteroatoms. The van der Waals surface area contributed by atoms with Gasteiger partial charge in [-0.15, -0.1) is 0 Å². The van der Waals surface area contributed by atoms with Crippen molar-refractivity contribution >= 4 is 11.8 Å². The van der Waals surface area contributed by atoms with E-state index < -0.39 is 0 Å². The zero-order valence-electron chi connectivity index (χ0n) is 9.29. The number of rotatable bonds is 8.